The number of nitrogens with two attached hydrogens (primary N) is 1. The highest BCUT2D eigenvalue weighted by atomic mass is 32.2. The maximum atomic E-state index is 14.1. The molecule has 1 fully saturated rings. The van der Waals surface area contributed by atoms with Crippen LogP contribution in [0.3, 0.4) is 0 Å². The fraction of sp³-hybridized carbons (Fsp3) is 0.571. The molecule has 1 heterocycles. The zero-order chi connectivity index (χ0) is 15.8. The van der Waals surface area contributed by atoms with Crippen molar-refractivity contribution in [1.29, 1.82) is 0 Å². The summed E-state index contributed by atoms with van der Waals surface area (Å²) in [5.74, 6) is -0.598. The van der Waals surface area contributed by atoms with E-state index in [0.29, 0.717) is 26.1 Å². The van der Waals surface area contributed by atoms with Gasteiger partial charge in [-0.3, -0.25) is 0 Å². The molecule has 0 aromatic heterocycles. The summed E-state index contributed by atoms with van der Waals surface area (Å²) < 4.78 is 45.7. The number of nitrogens with zero attached hydrogens (tertiary/aromatic N) is 1. The second kappa shape index (κ2) is 5.55. The summed E-state index contributed by atoms with van der Waals surface area (Å²) in [7, 11) is -2.37. The monoisotopic (exact) mass is 316 g/mol. The number of sulfonamides is 1. The normalized spacial score (nSPS) is 23.5. The molecule has 0 radical (unpaired) electrons. The molecular weight excluding hydrogens is 295 g/mol. The van der Waals surface area contributed by atoms with Crippen LogP contribution in [0.1, 0.15) is 18.9 Å². The molecule has 0 spiro atoms. The second-order valence-corrected chi connectivity index (χ2v) is 7.71. The Bertz CT molecular complexity index is 648. The lowest BCUT2D eigenvalue weighted by Gasteiger charge is -2.23. The number of ether oxygens (including phenoxy) is 1. The topological polar surface area (TPSA) is 72.6 Å². The van der Waals surface area contributed by atoms with Crippen molar-refractivity contribution in [3.8, 4) is 5.75 Å². The van der Waals surface area contributed by atoms with Gasteiger partial charge in [-0.15, -0.1) is 0 Å². The molecule has 1 saturated heterocycles. The average Bonchev–Trinajstić information content (AvgIpc) is 2.85. The predicted octanol–water partition coefficient (Wildman–Crippen LogP) is 1.50. The van der Waals surface area contributed by atoms with Crippen LogP contribution in [-0.4, -0.2) is 39.5 Å². The molecule has 7 heteroatoms. The van der Waals surface area contributed by atoms with E-state index in [1.165, 1.54) is 30.5 Å². The van der Waals surface area contributed by atoms with Crippen LogP contribution < -0.4 is 10.5 Å². The average molecular weight is 316 g/mol. The van der Waals surface area contributed by atoms with Crippen molar-refractivity contribution in [2.24, 2.45) is 11.1 Å². The van der Waals surface area contributed by atoms with Gasteiger partial charge in [0.1, 0.15) is 0 Å². The van der Waals surface area contributed by atoms with E-state index in [9.17, 15) is 12.8 Å². The van der Waals surface area contributed by atoms with Crippen molar-refractivity contribution >= 4 is 10.0 Å². The summed E-state index contributed by atoms with van der Waals surface area (Å²) in [6.07, 6.45) is 0.709. The van der Waals surface area contributed by atoms with E-state index in [4.69, 9.17) is 10.5 Å². The summed E-state index contributed by atoms with van der Waals surface area (Å²) in [6, 6.07) is 2.73. The van der Waals surface area contributed by atoms with E-state index in [1.807, 2.05) is 6.92 Å². The molecule has 0 aliphatic carbocycles. The van der Waals surface area contributed by atoms with E-state index in [-0.39, 0.29) is 21.6 Å². The van der Waals surface area contributed by atoms with E-state index in [0.717, 1.165) is 0 Å². The highest BCUT2D eigenvalue weighted by molar-refractivity contribution is 7.89. The molecule has 2 N–H and O–H groups in total. The Morgan fingerprint density at radius 2 is 2.14 bits per heavy atom. The Morgan fingerprint density at radius 1 is 1.48 bits per heavy atom. The van der Waals surface area contributed by atoms with Gasteiger partial charge in [0, 0.05) is 18.7 Å². The van der Waals surface area contributed by atoms with Gasteiger partial charge in [0.15, 0.2) is 11.6 Å². The molecule has 0 amide bonds. The molecule has 21 heavy (non-hydrogen) atoms. The Morgan fingerprint density at radius 3 is 2.67 bits per heavy atom. The molecule has 118 valence electrons. The lowest BCUT2D eigenvalue weighted by Crippen LogP contribution is -2.34. The molecular formula is C14H21FN2O3S. The van der Waals surface area contributed by atoms with E-state index >= 15 is 0 Å². The smallest absolute Gasteiger partial charge is 0.243 e. The van der Waals surface area contributed by atoms with Crippen molar-refractivity contribution in [2.45, 2.75) is 25.2 Å². The molecule has 0 saturated carbocycles. The van der Waals surface area contributed by atoms with Crippen LogP contribution in [0.2, 0.25) is 0 Å². The molecule has 5 nitrogen and oxygen atoms in total. The summed E-state index contributed by atoms with van der Waals surface area (Å²) in [4.78, 5) is -0.0120. The third kappa shape index (κ3) is 2.77. The van der Waals surface area contributed by atoms with Crippen LogP contribution in [0.25, 0.3) is 0 Å². The first kappa shape index (κ1) is 16.2. The lowest BCUT2D eigenvalue weighted by atomic mass is 9.90. The maximum absolute atomic E-state index is 14.1. The van der Waals surface area contributed by atoms with Crippen LogP contribution in [0.15, 0.2) is 17.0 Å². The Balaban J connectivity index is 2.40. The lowest BCUT2D eigenvalue weighted by molar-refractivity contribution is 0.349. The molecule has 2 rings (SSSR count). The van der Waals surface area contributed by atoms with Crippen molar-refractivity contribution < 1.29 is 17.5 Å². The van der Waals surface area contributed by atoms with Gasteiger partial charge in [-0.25, -0.2) is 12.8 Å². The fourth-order valence-electron chi connectivity index (χ4n) is 2.57. The maximum Gasteiger partial charge on any atom is 0.243 e. The molecule has 1 aromatic carbocycles. The summed E-state index contributed by atoms with van der Waals surface area (Å²) in [6.45, 7) is 4.60. The number of hydrogen-bond donors (Lipinski definition) is 1. The van der Waals surface area contributed by atoms with Crippen molar-refractivity contribution in [2.75, 3.05) is 26.7 Å². The first-order valence-electron chi connectivity index (χ1n) is 6.78. The summed E-state index contributed by atoms with van der Waals surface area (Å²) >= 11 is 0. The van der Waals surface area contributed by atoms with Crippen molar-refractivity contribution in [3.05, 3.63) is 23.5 Å². The molecule has 1 aromatic rings. The fourth-order valence-corrected chi connectivity index (χ4v) is 4.38. The van der Waals surface area contributed by atoms with Crippen LogP contribution in [0.4, 0.5) is 4.39 Å². The Hall–Kier alpha value is -1.18. The van der Waals surface area contributed by atoms with E-state index in [2.05, 4.69) is 0 Å². The zero-order valence-electron chi connectivity index (χ0n) is 12.5. The van der Waals surface area contributed by atoms with Gasteiger partial charge in [-0.1, -0.05) is 6.92 Å². The second-order valence-electron chi connectivity index (χ2n) is 5.81. The van der Waals surface area contributed by atoms with Crippen LogP contribution in [-0.2, 0) is 10.0 Å². The third-order valence-corrected chi connectivity index (χ3v) is 6.14. The molecule has 1 atom stereocenters. The van der Waals surface area contributed by atoms with E-state index in [1.54, 1.807) is 0 Å². The van der Waals surface area contributed by atoms with Gasteiger partial charge >= 0.3 is 0 Å². The number of hydrogen-bond acceptors (Lipinski definition) is 4. The number of benzene rings is 1. The third-order valence-electron chi connectivity index (χ3n) is 4.15. The predicted molar refractivity (Wildman–Crippen MR) is 78.2 cm³/mol. The van der Waals surface area contributed by atoms with Crippen LogP contribution >= 0.6 is 0 Å². The van der Waals surface area contributed by atoms with Gasteiger partial charge in [0.05, 0.1) is 12.0 Å². The largest absolute Gasteiger partial charge is 0.494 e. The number of rotatable bonds is 4. The standard InChI is InChI=1S/C14H21FN2O3S/c1-10-12(5-4-11(20-3)13(10)15)21(18,19)17-7-6-14(2,8-16)9-17/h4-5H,6-9,16H2,1-3H3. The van der Waals surface area contributed by atoms with Gasteiger partial charge in [-0.2, -0.15) is 4.31 Å². The molecule has 0 bridgehead atoms. The molecule has 1 aliphatic rings. The minimum Gasteiger partial charge on any atom is -0.494 e. The summed E-state index contributed by atoms with van der Waals surface area (Å²) in [5, 5.41) is 0. The van der Waals surface area contributed by atoms with Gasteiger partial charge < -0.3 is 10.5 Å². The Kier molecular flexibility index (Phi) is 4.28. The first-order chi connectivity index (χ1) is 9.75. The Labute approximate surface area is 124 Å². The van der Waals surface area contributed by atoms with Crippen LogP contribution in [0.5, 0.6) is 5.75 Å². The number of halogens is 1. The molecule has 1 unspecified atom stereocenters. The van der Waals surface area contributed by atoms with Crippen molar-refractivity contribution in [3.63, 3.8) is 0 Å². The van der Waals surface area contributed by atoms with Gasteiger partial charge in [0.2, 0.25) is 10.0 Å². The van der Waals surface area contributed by atoms with Gasteiger partial charge in [-0.05, 0) is 37.4 Å². The number of methoxy groups -OCH3 is 1. The SMILES string of the molecule is COc1ccc(S(=O)(=O)N2CCC(C)(CN)C2)c(C)c1F. The summed E-state index contributed by atoms with van der Waals surface area (Å²) in [5.41, 5.74) is 5.57. The zero-order valence-corrected chi connectivity index (χ0v) is 13.3. The quantitative estimate of drug-likeness (QED) is 0.914. The highest BCUT2D eigenvalue weighted by Gasteiger charge is 2.39. The van der Waals surface area contributed by atoms with Gasteiger partial charge in [0.25, 0.3) is 0 Å². The first-order valence-corrected chi connectivity index (χ1v) is 8.22. The molecule has 1 aliphatic heterocycles. The van der Waals surface area contributed by atoms with Crippen molar-refractivity contribution in [1.82, 2.24) is 4.31 Å². The highest BCUT2D eigenvalue weighted by Crippen LogP contribution is 2.34. The minimum atomic E-state index is -3.72. The van der Waals surface area contributed by atoms with Crippen LogP contribution in [0, 0.1) is 18.2 Å². The van der Waals surface area contributed by atoms with E-state index < -0.39 is 15.8 Å². The minimum absolute atomic E-state index is 0.0120.